The van der Waals surface area contributed by atoms with Crippen molar-refractivity contribution in [1.29, 1.82) is 0 Å². The Bertz CT molecular complexity index is 3040. The van der Waals surface area contributed by atoms with Crippen LogP contribution in [0.5, 0.6) is 0 Å². The van der Waals surface area contributed by atoms with Crippen LogP contribution in [0.2, 0.25) is 0 Å². The highest BCUT2D eigenvalue weighted by Crippen LogP contribution is 2.30. The average Bonchev–Trinajstić information content (AvgIpc) is 1.31. The van der Waals surface area contributed by atoms with Crippen LogP contribution in [0.3, 0.4) is 0 Å². The van der Waals surface area contributed by atoms with Gasteiger partial charge in [0.2, 0.25) is 41.4 Å². The fourth-order valence-electron chi connectivity index (χ4n) is 13.1. The van der Waals surface area contributed by atoms with Crippen LogP contribution in [-0.2, 0) is 60.7 Å². The van der Waals surface area contributed by atoms with Crippen LogP contribution in [0, 0.1) is 35.5 Å². The van der Waals surface area contributed by atoms with E-state index >= 15 is 28.8 Å². The van der Waals surface area contributed by atoms with Crippen LogP contribution in [0.4, 0.5) is 5.82 Å². The lowest BCUT2D eigenvalue weighted by Crippen LogP contribution is -2.63. The number of fused-ring (bicyclic) bond motifs is 1. The Morgan fingerprint density at radius 2 is 1.18 bits per heavy atom. The summed E-state index contributed by atoms with van der Waals surface area (Å²) < 4.78 is 6.15. The number of aliphatic hydroxyl groups is 1. The summed E-state index contributed by atoms with van der Waals surface area (Å²) in [7, 11) is 5.68. The van der Waals surface area contributed by atoms with E-state index in [2.05, 4.69) is 27.8 Å². The Hall–Kier alpha value is -7.49. The molecule has 3 aliphatic rings. The van der Waals surface area contributed by atoms with E-state index in [0.29, 0.717) is 47.6 Å². The fraction of sp³-hybridized carbons (Fsp3) is 0.643. The minimum absolute atomic E-state index is 0.0392. The van der Waals surface area contributed by atoms with Crippen molar-refractivity contribution in [2.45, 2.75) is 208 Å². The third-order valence-electron chi connectivity index (χ3n) is 18.9. The molecule has 22 heteroatoms. The topological polar surface area (TPSA) is 264 Å². The molecule has 3 saturated heterocycles. The van der Waals surface area contributed by atoms with E-state index in [-0.39, 0.29) is 38.1 Å². The molecule has 0 aliphatic carbocycles. The number of hydrogen-bond donors (Lipinski definition) is 4. The molecule has 3 aromatic rings. The van der Waals surface area contributed by atoms with Gasteiger partial charge in [-0.2, -0.15) is 0 Å². The molecule has 0 saturated carbocycles. The van der Waals surface area contributed by atoms with Gasteiger partial charge in [-0.25, -0.2) is 9.78 Å². The number of carbonyl (C=O) groups is 9. The Morgan fingerprint density at radius 1 is 0.609 bits per heavy atom. The number of nitrogens with one attached hydrogen (secondary N) is 3. The molecule has 0 radical (unpaired) electrons. The van der Waals surface area contributed by atoms with Gasteiger partial charge in [-0.15, -0.1) is 0 Å². The summed E-state index contributed by atoms with van der Waals surface area (Å²) in [5.41, 5.74) is 0.654. The van der Waals surface area contributed by atoms with Crippen molar-refractivity contribution in [2.75, 3.05) is 52.7 Å². The molecule has 4 heterocycles. The molecule has 0 bridgehead atoms. The zero-order valence-electron chi connectivity index (χ0n) is 57.6. The Kier molecular flexibility index (Phi) is 25.9. The van der Waals surface area contributed by atoms with Crippen molar-refractivity contribution >= 4 is 59.0 Å². The Balaban J connectivity index is 1.50. The maximum atomic E-state index is 15.8. The molecular formula is C70H105N11O11. The van der Waals surface area contributed by atoms with E-state index in [1.165, 1.54) is 61.6 Å². The molecule has 3 fully saturated rings. The maximum absolute atomic E-state index is 15.8. The molecule has 8 amide bonds. The highest BCUT2D eigenvalue weighted by Gasteiger charge is 2.48. The minimum atomic E-state index is -1.99. The lowest BCUT2D eigenvalue weighted by atomic mass is 9.93. The van der Waals surface area contributed by atoms with Crippen LogP contribution >= 0.6 is 0 Å². The Morgan fingerprint density at radius 3 is 1.74 bits per heavy atom. The van der Waals surface area contributed by atoms with Gasteiger partial charge in [-0.1, -0.05) is 131 Å². The lowest BCUT2D eigenvalue weighted by molar-refractivity contribution is -0.177. The van der Waals surface area contributed by atoms with Crippen molar-refractivity contribution < 1.29 is 53.0 Å². The molecule has 3 aliphatic heterocycles. The molecule has 0 unspecified atom stereocenters. The van der Waals surface area contributed by atoms with Crippen LogP contribution in [0.1, 0.15) is 146 Å². The number of benzene rings is 2. The van der Waals surface area contributed by atoms with Crippen LogP contribution < -0.4 is 20.9 Å². The molecule has 22 nitrogen and oxygen atoms in total. The first-order valence-electron chi connectivity index (χ1n) is 33.2. The van der Waals surface area contributed by atoms with Crippen molar-refractivity contribution in [3.8, 4) is 11.3 Å². The van der Waals surface area contributed by atoms with E-state index in [0.717, 1.165) is 36.6 Å². The van der Waals surface area contributed by atoms with Gasteiger partial charge in [0, 0.05) is 72.1 Å². The Labute approximate surface area is 545 Å². The second-order valence-electron chi connectivity index (χ2n) is 27.8. The number of cyclic esters (lactones) is 1. The molecule has 2 aromatic carbocycles. The molecule has 6 rings (SSSR count). The van der Waals surface area contributed by atoms with Crippen molar-refractivity contribution in [1.82, 2.24) is 50.4 Å². The van der Waals surface area contributed by atoms with E-state index in [1.807, 2.05) is 70.2 Å². The molecule has 0 spiro atoms. The van der Waals surface area contributed by atoms with Gasteiger partial charge in [0.05, 0.1) is 23.7 Å². The van der Waals surface area contributed by atoms with Gasteiger partial charge in [0.25, 0.3) is 5.91 Å². The molecule has 92 heavy (non-hydrogen) atoms. The summed E-state index contributed by atoms with van der Waals surface area (Å²) in [6, 6.07) is 6.14. The molecule has 11 atom stereocenters. The monoisotopic (exact) mass is 1280 g/mol. The van der Waals surface area contributed by atoms with Gasteiger partial charge in [0.1, 0.15) is 48.1 Å². The number of piperidine rings is 1. The normalized spacial score (nSPS) is 25.7. The highest BCUT2D eigenvalue weighted by atomic mass is 16.6. The van der Waals surface area contributed by atoms with Crippen LogP contribution in [0.15, 0.2) is 67.0 Å². The largest absolute Gasteiger partial charge is 0.450 e. The summed E-state index contributed by atoms with van der Waals surface area (Å²) in [6.45, 7) is 24.7. The second-order valence-corrected chi connectivity index (χ2v) is 27.8. The number of likely N-dealkylation sites (N-methyl/N-ethyl adjacent to an activating group) is 4. The van der Waals surface area contributed by atoms with Crippen molar-refractivity contribution in [3.05, 3.63) is 78.1 Å². The summed E-state index contributed by atoms with van der Waals surface area (Å²) in [5, 5.41) is 20.7. The highest BCUT2D eigenvalue weighted by molar-refractivity contribution is 5.99. The van der Waals surface area contributed by atoms with E-state index in [4.69, 9.17) is 14.7 Å². The van der Waals surface area contributed by atoms with E-state index in [1.54, 1.807) is 66.1 Å². The predicted molar refractivity (Wildman–Crippen MR) is 353 cm³/mol. The SMILES string of the molecule is CC[C@H](C)[C@@H]1NC(=O)[C@@H]2CCCN2C(=O)[C@H](Cc2cccc(-c3cnc(N4CCC(C)CC4)cn3)c2)N(C)C(=O)[C@H](Cc2ccccc2)NC(=O)[C@H](C(C)C)N(C)C(=O)[C@@H]([C@@H](C)CC)OC(=O)[C@H](C(C)(C)O)N(C)C(=O)[C@H](CC(C)C)NC(=O)[C@H](C(C)C)N(C)C1=O. The second kappa shape index (κ2) is 32.4. The van der Waals surface area contributed by atoms with Crippen LogP contribution in [-0.4, -0.2) is 201 Å². The summed E-state index contributed by atoms with van der Waals surface area (Å²) in [6.07, 6.45) is 5.46. The van der Waals surface area contributed by atoms with Crippen molar-refractivity contribution in [2.24, 2.45) is 35.5 Å². The van der Waals surface area contributed by atoms with Gasteiger partial charge in [0.15, 0.2) is 12.1 Å². The smallest absolute Gasteiger partial charge is 0.332 e. The van der Waals surface area contributed by atoms with Crippen LogP contribution in [0.25, 0.3) is 11.3 Å². The quantitative estimate of drug-likeness (QED) is 0.126. The number of ether oxygens (including phenoxy) is 1. The van der Waals surface area contributed by atoms with Gasteiger partial charge < -0.3 is 55.2 Å². The average molecular weight is 1280 g/mol. The molecular weight excluding hydrogens is 1170 g/mol. The molecule has 4 N–H and O–H groups in total. The summed E-state index contributed by atoms with van der Waals surface area (Å²) in [5.74, 6) is -7.49. The number of aromatic nitrogens is 2. The maximum Gasteiger partial charge on any atom is 0.332 e. The fourth-order valence-corrected chi connectivity index (χ4v) is 13.1. The standard InChI is InChI=1S/C70H105N11O11/c1-18-45(10)56-67(88)77(15)57(42(5)6)62(83)73-50(35-41(3)4)65(86)79(17)60(70(12,13)91)69(90)92-59(46(11)19-2)68(89)78(16)58(43(7)8)63(84)74-51(37-47-25-21-20-22-26-47)64(85)76(14)54(66(87)81-32-24-29-53(81)61(82)75-56)38-48-27-23-28-49(36-48)52-39-72-55(40-71-52)80-33-30-44(9)31-34-80/h20-23,25-28,36,39-46,50-51,53-54,56-60,91H,18-19,24,29-35,37-38H2,1-17H3,(H,73,83)(H,74,84)(H,75,82)/t45-,46-,50-,51-,53-,54-,56-,57-,58-,59+,60+/m0/s1. The molecule has 1 aromatic heterocycles. The number of hydrogen-bond acceptors (Lipinski definition) is 14. The van der Waals surface area contributed by atoms with Gasteiger partial charge >= 0.3 is 5.97 Å². The number of carbonyl (C=O) groups excluding carboxylic acids is 9. The summed E-state index contributed by atoms with van der Waals surface area (Å²) >= 11 is 0. The number of anilines is 1. The lowest BCUT2D eigenvalue weighted by Gasteiger charge is -2.39. The molecule has 506 valence electrons. The first-order chi connectivity index (χ1) is 43.3. The first-order valence-corrected chi connectivity index (χ1v) is 33.2. The first kappa shape index (κ1) is 73.6. The van der Waals surface area contributed by atoms with Crippen molar-refractivity contribution in [3.63, 3.8) is 0 Å². The number of nitrogens with zero attached hydrogens (tertiary/aromatic N) is 8. The minimum Gasteiger partial charge on any atom is -0.450 e. The zero-order valence-corrected chi connectivity index (χ0v) is 57.6. The predicted octanol–water partition coefficient (Wildman–Crippen LogP) is 6.07. The number of esters is 1. The number of amides is 8. The third kappa shape index (κ3) is 18.0. The zero-order chi connectivity index (χ0) is 68.2. The third-order valence-corrected chi connectivity index (χ3v) is 18.9. The van der Waals surface area contributed by atoms with Gasteiger partial charge in [-0.3, -0.25) is 43.3 Å². The van der Waals surface area contributed by atoms with E-state index < -0.39 is 137 Å². The van der Waals surface area contributed by atoms with E-state index in [9.17, 15) is 19.5 Å². The van der Waals surface area contributed by atoms with Gasteiger partial charge in [-0.05, 0) is 99.2 Å². The number of rotatable bonds is 15. The summed E-state index contributed by atoms with van der Waals surface area (Å²) in [4.78, 5) is 155.